The SMILES string of the molecule is Cc1cc(Cl)ccc1NC(=O)Cn1cc(C(C)O)nn1. The largest absolute Gasteiger partial charge is 0.387 e. The van der Waals surface area contributed by atoms with Gasteiger partial charge in [-0.3, -0.25) is 4.79 Å². The molecule has 0 bridgehead atoms. The third kappa shape index (κ3) is 3.55. The summed E-state index contributed by atoms with van der Waals surface area (Å²) in [5.41, 5.74) is 2.02. The van der Waals surface area contributed by atoms with E-state index >= 15 is 0 Å². The fourth-order valence-electron chi connectivity index (χ4n) is 1.69. The first kappa shape index (κ1) is 14.5. The molecule has 0 radical (unpaired) electrons. The van der Waals surface area contributed by atoms with Crippen LogP contribution in [0, 0.1) is 6.92 Å². The van der Waals surface area contributed by atoms with Gasteiger partial charge in [-0.25, -0.2) is 4.68 Å². The number of halogens is 1. The number of carbonyl (C=O) groups excluding carboxylic acids is 1. The van der Waals surface area contributed by atoms with Crippen molar-refractivity contribution >= 4 is 23.2 Å². The fraction of sp³-hybridized carbons (Fsp3) is 0.308. The summed E-state index contributed by atoms with van der Waals surface area (Å²) >= 11 is 5.86. The van der Waals surface area contributed by atoms with Crippen molar-refractivity contribution in [1.82, 2.24) is 15.0 Å². The Hall–Kier alpha value is -1.92. The Balaban J connectivity index is 2.01. The van der Waals surface area contributed by atoms with Gasteiger partial charge in [0.2, 0.25) is 5.91 Å². The first-order valence-electron chi connectivity index (χ1n) is 6.10. The standard InChI is InChI=1S/C13H15ClN4O2/c1-8-5-10(14)3-4-11(8)15-13(20)7-18-6-12(9(2)19)16-17-18/h3-6,9,19H,7H2,1-2H3,(H,15,20). The van der Waals surface area contributed by atoms with Crippen molar-refractivity contribution in [3.8, 4) is 0 Å². The molecule has 0 spiro atoms. The maximum Gasteiger partial charge on any atom is 0.246 e. The van der Waals surface area contributed by atoms with Crippen LogP contribution in [0.4, 0.5) is 5.69 Å². The highest BCUT2D eigenvalue weighted by Crippen LogP contribution is 2.19. The number of aliphatic hydroxyl groups excluding tert-OH is 1. The molecule has 1 heterocycles. The van der Waals surface area contributed by atoms with E-state index < -0.39 is 6.10 Å². The van der Waals surface area contributed by atoms with Gasteiger partial charge in [-0.1, -0.05) is 16.8 Å². The fourth-order valence-corrected chi connectivity index (χ4v) is 1.91. The lowest BCUT2D eigenvalue weighted by Gasteiger charge is -2.08. The summed E-state index contributed by atoms with van der Waals surface area (Å²) in [6.45, 7) is 3.48. The van der Waals surface area contributed by atoms with Crippen LogP contribution in [-0.4, -0.2) is 26.0 Å². The van der Waals surface area contributed by atoms with Crippen LogP contribution in [0.1, 0.15) is 24.3 Å². The van der Waals surface area contributed by atoms with Gasteiger partial charge in [0.25, 0.3) is 0 Å². The molecule has 6 nitrogen and oxygen atoms in total. The van der Waals surface area contributed by atoms with Gasteiger partial charge in [-0.15, -0.1) is 5.10 Å². The van der Waals surface area contributed by atoms with Gasteiger partial charge in [0.1, 0.15) is 12.2 Å². The van der Waals surface area contributed by atoms with Crippen molar-refractivity contribution in [3.05, 3.63) is 40.7 Å². The van der Waals surface area contributed by atoms with Gasteiger partial charge in [0.15, 0.2) is 0 Å². The number of nitrogens with zero attached hydrogens (tertiary/aromatic N) is 3. The second-order valence-electron chi connectivity index (χ2n) is 4.52. The Bertz CT molecular complexity index is 625. The number of benzene rings is 1. The van der Waals surface area contributed by atoms with E-state index in [9.17, 15) is 9.90 Å². The van der Waals surface area contributed by atoms with Crippen molar-refractivity contribution < 1.29 is 9.90 Å². The number of aliphatic hydroxyl groups is 1. The Morgan fingerprint density at radius 1 is 1.55 bits per heavy atom. The minimum Gasteiger partial charge on any atom is -0.387 e. The Kier molecular flexibility index (Phi) is 4.36. The normalized spacial score (nSPS) is 12.2. The number of nitrogens with one attached hydrogen (secondary N) is 1. The molecule has 0 fully saturated rings. The van der Waals surface area contributed by atoms with E-state index in [0.29, 0.717) is 16.4 Å². The number of anilines is 1. The van der Waals surface area contributed by atoms with Crippen LogP contribution >= 0.6 is 11.6 Å². The molecule has 0 saturated heterocycles. The van der Waals surface area contributed by atoms with Crippen molar-refractivity contribution in [1.29, 1.82) is 0 Å². The minimum atomic E-state index is -0.703. The van der Waals surface area contributed by atoms with Crippen molar-refractivity contribution in [2.24, 2.45) is 0 Å². The quantitative estimate of drug-likeness (QED) is 0.903. The van der Waals surface area contributed by atoms with E-state index in [2.05, 4.69) is 15.6 Å². The second-order valence-corrected chi connectivity index (χ2v) is 4.96. The molecule has 1 aromatic carbocycles. The van der Waals surface area contributed by atoms with Gasteiger partial charge in [0.05, 0.1) is 12.3 Å². The maximum absolute atomic E-state index is 11.9. The number of rotatable bonds is 4. The Morgan fingerprint density at radius 2 is 2.30 bits per heavy atom. The van der Waals surface area contributed by atoms with Gasteiger partial charge in [-0.2, -0.15) is 0 Å². The number of hydrogen-bond donors (Lipinski definition) is 2. The van der Waals surface area contributed by atoms with Gasteiger partial charge in [0, 0.05) is 10.7 Å². The lowest BCUT2D eigenvalue weighted by molar-refractivity contribution is -0.116. The first-order valence-corrected chi connectivity index (χ1v) is 6.47. The number of carbonyl (C=O) groups is 1. The highest BCUT2D eigenvalue weighted by molar-refractivity contribution is 6.30. The summed E-state index contributed by atoms with van der Waals surface area (Å²) < 4.78 is 1.38. The van der Waals surface area contributed by atoms with Crippen LogP contribution in [-0.2, 0) is 11.3 Å². The molecule has 7 heteroatoms. The molecule has 0 saturated carbocycles. The van der Waals surface area contributed by atoms with Crippen molar-refractivity contribution in [3.63, 3.8) is 0 Å². The molecule has 2 aromatic rings. The predicted octanol–water partition coefficient (Wildman–Crippen LogP) is 1.93. The zero-order valence-corrected chi connectivity index (χ0v) is 11.9. The lowest BCUT2D eigenvalue weighted by atomic mass is 10.2. The average Bonchev–Trinajstić information content (AvgIpc) is 2.81. The summed E-state index contributed by atoms with van der Waals surface area (Å²) in [5.74, 6) is -0.225. The van der Waals surface area contributed by atoms with E-state index in [1.54, 1.807) is 31.3 Å². The molecule has 2 rings (SSSR count). The van der Waals surface area contributed by atoms with Crippen LogP contribution in [0.25, 0.3) is 0 Å². The topological polar surface area (TPSA) is 80.0 Å². The van der Waals surface area contributed by atoms with Gasteiger partial charge >= 0.3 is 0 Å². The molecule has 1 amide bonds. The third-order valence-electron chi connectivity index (χ3n) is 2.75. The first-order chi connectivity index (χ1) is 9.45. The molecule has 0 aliphatic rings. The van der Waals surface area contributed by atoms with Crippen molar-refractivity contribution in [2.45, 2.75) is 26.5 Å². The average molecular weight is 295 g/mol. The summed E-state index contributed by atoms with van der Waals surface area (Å²) in [5, 5.41) is 20.3. The van der Waals surface area contributed by atoms with Crippen LogP contribution in [0.5, 0.6) is 0 Å². The Morgan fingerprint density at radius 3 is 2.90 bits per heavy atom. The molecule has 2 N–H and O–H groups in total. The zero-order chi connectivity index (χ0) is 14.7. The van der Waals surface area contributed by atoms with Crippen LogP contribution in [0.3, 0.4) is 0 Å². The lowest BCUT2D eigenvalue weighted by Crippen LogP contribution is -2.19. The van der Waals surface area contributed by atoms with E-state index in [1.807, 2.05) is 6.92 Å². The zero-order valence-electron chi connectivity index (χ0n) is 11.2. The minimum absolute atomic E-state index is 0.0296. The molecule has 0 aliphatic heterocycles. The number of aromatic nitrogens is 3. The Labute approximate surface area is 121 Å². The highest BCUT2D eigenvalue weighted by atomic mass is 35.5. The maximum atomic E-state index is 11.9. The van der Waals surface area contributed by atoms with Gasteiger partial charge in [-0.05, 0) is 37.6 Å². The molecule has 1 aromatic heterocycles. The number of aryl methyl sites for hydroxylation is 1. The summed E-state index contributed by atoms with van der Waals surface area (Å²) in [7, 11) is 0. The molecule has 0 aliphatic carbocycles. The second kappa shape index (κ2) is 6.02. The van der Waals surface area contributed by atoms with E-state index in [4.69, 9.17) is 11.6 Å². The van der Waals surface area contributed by atoms with E-state index in [-0.39, 0.29) is 12.5 Å². The van der Waals surface area contributed by atoms with E-state index in [0.717, 1.165) is 5.56 Å². The molecular formula is C13H15ClN4O2. The van der Waals surface area contributed by atoms with Crippen molar-refractivity contribution in [2.75, 3.05) is 5.32 Å². The van der Waals surface area contributed by atoms with Crippen LogP contribution < -0.4 is 5.32 Å². The number of hydrogen-bond acceptors (Lipinski definition) is 4. The molecular weight excluding hydrogens is 280 g/mol. The summed E-state index contributed by atoms with van der Waals surface area (Å²) in [4.78, 5) is 11.9. The monoisotopic (exact) mass is 294 g/mol. The van der Waals surface area contributed by atoms with Crippen LogP contribution in [0.15, 0.2) is 24.4 Å². The molecule has 1 unspecified atom stereocenters. The molecule has 106 valence electrons. The summed E-state index contributed by atoms with van der Waals surface area (Å²) in [6, 6.07) is 5.24. The highest BCUT2D eigenvalue weighted by Gasteiger charge is 2.10. The predicted molar refractivity (Wildman–Crippen MR) is 75.5 cm³/mol. The van der Waals surface area contributed by atoms with Gasteiger partial charge < -0.3 is 10.4 Å². The smallest absolute Gasteiger partial charge is 0.246 e. The third-order valence-corrected chi connectivity index (χ3v) is 2.99. The molecule has 1 atom stereocenters. The van der Waals surface area contributed by atoms with Crippen LogP contribution in [0.2, 0.25) is 5.02 Å². The number of amides is 1. The molecule has 20 heavy (non-hydrogen) atoms. The summed E-state index contributed by atoms with van der Waals surface area (Å²) in [6.07, 6.45) is 0.837. The van der Waals surface area contributed by atoms with E-state index in [1.165, 1.54) is 4.68 Å².